The lowest BCUT2D eigenvalue weighted by atomic mass is 10.4. The molecule has 0 saturated heterocycles. The van der Waals surface area contributed by atoms with Crippen LogP contribution in [0.4, 0.5) is 0 Å². The van der Waals surface area contributed by atoms with E-state index in [4.69, 9.17) is 0 Å². The minimum absolute atomic E-state index is 0.231. The summed E-state index contributed by atoms with van der Waals surface area (Å²) in [6, 6.07) is 4.10. The molecule has 1 aromatic rings. The van der Waals surface area contributed by atoms with E-state index in [0.29, 0.717) is 6.54 Å². The first kappa shape index (κ1) is 15.1. The van der Waals surface area contributed by atoms with E-state index in [2.05, 4.69) is 33.8 Å². The van der Waals surface area contributed by atoms with E-state index < -0.39 is 9.84 Å². The summed E-state index contributed by atoms with van der Waals surface area (Å²) < 4.78 is 24.0. The highest BCUT2D eigenvalue weighted by atomic mass is 79.9. The maximum atomic E-state index is 11.4. The molecule has 0 spiro atoms. The van der Waals surface area contributed by atoms with Gasteiger partial charge in [-0.1, -0.05) is 13.8 Å². The molecule has 0 radical (unpaired) electrons. The van der Waals surface area contributed by atoms with Crippen molar-refractivity contribution < 1.29 is 8.42 Å². The molecule has 0 aliphatic heterocycles. The number of hydrogen-bond donors (Lipinski definition) is 0. The first-order valence-electron chi connectivity index (χ1n) is 5.64. The van der Waals surface area contributed by atoms with Crippen molar-refractivity contribution in [1.82, 2.24) is 4.90 Å². The first-order valence-corrected chi connectivity index (χ1v) is 9.07. The molecule has 98 valence electrons. The Kier molecular flexibility index (Phi) is 6.12. The largest absolute Gasteiger partial charge is 0.298 e. The van der Waals surface area contributed by atoms with Crippen LogP contribution in [0.25, 0.3) is 0 Å². The third-order valence-corrected chi connectivity index (χ3v) is 5.91. The normalized spacial score (nSPS) is 12.2. The van der Waals surface area contributed by atoms with Crippen molar-refractivity contribution in [3.63, 3.8) is 0 Å². The van der Waals surface area contributed by atoms with Gasteiger partial charge in [0.1, 0.15) is 0 Å². The average Bonchev–Trinajstić information content (AvgIpc) is 2.70. The first-order chi connectivity index (χ1) is 7.96. The van der Waals surface area contributed by atoms with Crippen molar-refractivity contribution in [3.05, 3.63) is 20.8 Å². The van der Waals surface area contributed by atoms with Crippen LogP contribution in [0.15, 0.2) is 15.9 Å². The van der Waals surface area contributed by atoms with E-state index in [1.165, 1.54) is 4.88 Å². The predicted molar refractivity (Wildman–Crippen MR) is 77.3 cm³/mol. The lowest BCUT2D eigenvalue weighted by Crippen LogP contribution is -2.29. The van der Waals surface area contributed by atoms with Crippen molar-refractivity contribution in [3.8, 4) is 0 Å². The van der Waals surface area contributed by atoms with Crippen LogP contribution in [-0.4, -0.2) is 37.9 Å². The Balaban J connectivity index is 2.49. The van der Waals surface area contributed by atoms with E-state index >= 15 is 0 Å². The average molecular weight is 340 g/mol. The van der Waals surface area contributed by atoms with Gasteiger partial charge in [-0.2, -0.15) is 0 Å². The van der Waals surface area contributed by atoms with Crippen molar-refractivity contribution >= 4 is 37.1 Å². The third-order valence-electron chi connectivity index (χ3n) is 2.61. The van der Waals surface area contributed by atoms with Gasteiger partial charge in [0.15, 0.2) is 9.84 Å². The van der Waals surface area contributed by atoms with Crippen LogP contribution in [-0.2, 0) is 16.4 Å². The molecule has 1 rings (SSSR count). The van der Waals surface area contributed by atoms with Crippen LogP contribution in [0.5, 0.6) is 0 Å². The van der Waals surface area contributed by atoms with Gasteiger partial charge in [0.25, 0.3) is 0 Å². The Morgan fingerprint density at radius 3 is 2.53 bits per heavy atom. The molecule has 6 heteroatoms. The van der Waals surface area contributed by atoms with E-state index in [0.717, 1.165) is 16.9 Å². The fourth-order valence-corrected chi connectivity index (χ4v) is 3.77. The molecule has 3 nitrogen and oxygen atoms in total. The van der Waals surface area contributed by atoms with Gasteiger partial charge >= 0.3 is 0 Å². The molecule has 0 N–H and O–H groups in total. The number of rotatable bonds is 7. The predicted octanol–water partition coefficient (Wildman–Crippen LogP) is 2.77. The van der Waals surface area contributed by atoms with Crippen LogP contribution in [0, 0.1) is 0 Å². The molecule has 17 heavy (non-hydrogen) atoms. The van der Waals surface area contributed by atoms with Crippen LogP contribution in [0.3, 0.4) is 0 Å². The van der Waals surface area contributed by atoms with Crippen LogP contribution >= 0.6 is 27.3 Å². The summed E-state index contributed by atoms with van der Waals surface area (Å²) in [5.41, 5.74) is 0. The standard InChI is InChI=1S/C11H18BrNO2S2/c1-3-13(7-8-17(14,15)4-2)9-10-5-6-11(12)16-10/h5-6H,3-4,7-9H2,1-2H3. The fraction of sp³-hybridized carbons (Fsp3) is 0.636. The summed E-state index contributed by atoms with van der Waals surface area (Å²) in [6.45, 7) is 6.06. The molecule has 1 heterocycles. The van der Waals surface area contributed by atoms with Crippen LogP contribution in [0.2, 0.25) is 0 Å². The number of halogens is 1. The van der Waals surface area contributed by atoms with E-state index in [1.54, 1.807) is 18.3 Å². The van der Waals surface area contributed by atoms with Gasteiger partial charge < -0.3 is 0 Å². The summed E-state index contributed by atoms with van der Waals surface area (Å²) in [4.78, 5) is 3.42. The Labute approximate surface area is 116 Å². The summed E-state index contributed by atoms with van der Waals surface area (Å²) >= 11 is 5.13. The van der Waals surface area contributed by atoms with Gasteiger partial charge in [0.05, 0.1) is 9.54 Å². The lowest BCUT2D eigenvalue weighted by molar-refractivity contribution is 0.299. The highest BCUT2D eigenvalue weighted by Gasteiger charge is 2.11. The zero-order valence-corrected chi connectivity index (χ0v) is 13.4. The molecule has 0 fully saturated rings. The van der Waals surface area contributed by atoms with E-state index in [9.17, 15) is 8.42 Å². The topological polar surface area (TPSA) is 37.4 Å². The zero-order valence-electron chi connectivity index (χ0n) is 10.1. The molecule has 0 aliphatic rings. The maximum Gasteiger partial charge on any atom is 0.151 e. The molecular weight excluding hydrogens is 322 g/mol. The SMILES string of the molecule is CCN(CCS(=O)(=O)CC)Cc1ccc(Br)s1. The Bertz CT molecular complexity index is 442. The lowest BCUT2D eigenvalue weighted by Gasteiger charge is -2.19. The summed E-state index contributed by atoms with van der Waals surface area (Å²) in [5.74, 6) is 0.485. The summed E-state index contributed by atoms with van der Waals surface area (Å²) in [6.07, 6.45) is 0. The van der Waals surface area contributed by atoms with Crippen LogP contribution < -0.4 is 0 Å². The molecule has 0 aliphatic carbocycles. The molecule has 0 saturated carbocycles. The number of hydrogen-bond acceptors (Lipinski definition) is 4. The highest BCUT2D eigenvalue weighted by molar-refractivity contribution is 9.11. The quantitative estimate of drug-likeness (QED) is 0.766. The monoisotopic (exact) mass is 339 g/mol. The number of nitrogens with zero attached hydrogens (tertiary/aromatic N) is 1. The van der Waals surface area contributed by atoms with Crippen molar-refractivity contribution in [2.75, 3.05) is 24.6 Å². The number of sulfone groups is 1. The van der Waals surface area contributed by atoms with E-state index in [-0.39, 0.29) is 11.5 Å². The van der Waals surface area contributed by atoms with Gasteiger partial charge in [-0.05, 0) is 34.6 Å². The molecule has 0 bridgehead atoms. The van der Waals surface area contributed by atoms with Crippen LogP contribution in [0.1, 0.15) is 18.7 Å². The van der Waals surface area contributed by atoms with Gasteiger partial charge in [-0.25, -0.2) is 8.42 Å². The van der Waals surface area contributed by atoms with E-state index in [1.807, 2.05) is 6.07 Å². The highest BCUT2D eigenvalue weighted by Crippen LogP contribution is 2.23. The minimum Gasteiger partial charge on any atom is -0.298 e. The second-order valence-corrected chi connectivity index (χ2v) is 8.83. The zero-order chi connectivity index (χ0) is 12.9. The molecule has 0 amide bonds. The Hall–Kier alpha value is 0.0900. The van der Waals surface area contributed by atoms with Gasteiger partial charge in [0.2, 0.25) is 0 Å². The third kappa shape index (κ3) is 5.50. The molecule has 0 unspecified atom stereocenters. The minimum atomic E-state index is -2.86. The van der Waals surface area contributed by atoms with Crippen molar-refractivity contribution in [1.29, 1.82) is 0 Å². The molecular formula is C11H18BrNO2S2. The molecule has 1 aromatic heterocycles. The summed E-state index contributed by atoms with van der Waals surface area (Å²) in [7, 11) is -2.86. The Morgan fingerprint density at radius 2 is 2.06 bits per heavy atom. The molecule has 0 aromatic carbocycles. The smallest absolute Gasteiger partial charge is 0.151 e. The fourth-order valence-electron chi connectivity index (χ4n) is 1.42. The Morgan fingerprint density at radius 1 is 1.35 bits per heavy atom. The maximum absolute atomic E-state index is 11.4. The van der Waals surface area contributed by atoms with Gasteiger partial charge in [0, 0.05) is 23.7 Å². The van der Waals surface area contributed by atoms with Gasteiger partial charge in [-0.15, -0.1) is 11.3 Å². The van der Waals surface area contributed by atoms with Crippen molar-refractivity contribution in [2.45, 2.75) is 20.4 Å². The van der Waals surface area contributed by atoms with Crippen molar-refractivity contribution in [2.24, 2.45) is 0 Å². The second kappa shape index (κ2) is 6.87. The number of thiophene rings is 1. The molecule has 0 atom stereocenters. The second-order valence-electron chi connectivity index (χ2n) is 3.81. The van der Waals surface area contributed by atoms with Gasteiger partial charge in [-0.3, -0.25) is 4.90 Å². The summed E-state index contributed by atoms with van der Waals surface area (Å²) in [5, 5.41) is 0.